The van der Waals surface area contributed by atoms with Crippen molar-refractivity contribution in [3.8, 4) is 34.8 Å². The summed E-state index contributed by atoms with van der Waals surface area (Å²) in [6.07, 6.45) is 4.63. The van der Waals surface area contributed by atoms with Gasteiger partial charge in [-0.25, -0.2) is 0 Å². The van der Waals surface area contributed by atoms with Gasteiger partial charge in [0.25, 0.3) is 0 Å². The molecule has 1 fully saturated rings. The Morgan fingerprint density at radius 2 is 1.41 bits per heavy atom. The smallest absolute Gasteiger partial charge is 0.244 e. The zero-order valence-electron chi connectivity index (χ0n) is 27.1. The number of nitrogens with one attached hydrogen (secondary N) is 1. The van der Waals surface area contributed by atoms with Crippen LogP contribution < -0.4 is 29.0 Å². The van der Waals surface area contributed by atoms with Crippen molar-refractivity contribution in [2.75, 3.05) is 49.1 Å². The number of carbonyl (C=O) groups excluding carboxylic acids is 1. The van der Waals surface area contributed by atoms with E-state index >= 15 is 0 Å². The number of nitrogens with zero attached hydrogens (tertiary/aromatic N) is 3. The minimum absolute atomic E-state index is 0.0250. The second-order valence-electron chi connectivity index (χ2n) is 11.8. The SMILES string of the molecule is COc1ccccc1/C=C/C(=O)NC[C@H]1c2cc(OC)c(OC)cc2C[C@H]2[C@H]3c4cc(OC)c(OC)cc4C[C@@H]([C@H](C#N)N12)N3C. The van der Waals surface area contributed by atoms with Crippen LogP contribution in [0.4, 0.5) is 0 Å². The number of carbonyl (C=O) groups is 1. The number of rotatable bonds is 9. The van der Waals surface area contributed by atoms with Crippen molar-refractivity contribution in [3.63, 3.8) is 0 Å². The lowest BCUT2D eigenvalue weighted by Crippen LogP contribution is -2.68. The van der Waals surface area contributed by atoms with E-state index in [1.807, 2.05) is 36.4 Å². The average molecular weight is 625 g/mol. The van der Waals surface area contributed by atoms with E-state index in [4.69, 9.17) is 23.7 Å². The summed E-state index contributed by atoms with van der Waals surface area (Å²) in [7, 11) is 10.3. The van der Waals surface area contributed by atoms with Crippen LogP contribution in [-0.2, 0) is 17.6 Å². The second kappa shape index (κ2) is 12.9. The maximum atomic E-state index is 13.2. The molecule has 1 saturated heterocycles. The third-order valence-corrected chi connectivity index (χ3v) is 9.74. The number of likely N-dealkylation sites (N-methyl/N-ethyl adjacent to an activating group) is 1. The Labute approximate surface area is 270 Å². The third kappa shape index (κ3) is 5.29. The van der Waals surface area contributed by atoms with Crippen molar-refractivity contribution in [1.29, 1.82) is 5.26 Å². The molecule has 46 heavy (non-hydrogen) atoms. The normalized spacial score (nSPS) is 23.4. The van der Waals surface area contributed by atoms with Gasteiger partial charge in [0.1, 0.15) is 11.8 Å². The average Bonchev–Trinajstić information content (AvgIpc) is 3.08. The Balaban J connectivity index is 1.41. The second-order valence-corrected chi connectivity index (χ2v) is 11.8. The molecule has 0 unspecified atom stereocenters. The molecule has 3 aliphatic heterocycles. The molecule has 3 heterocycles. The van der Waals surface area contributed by atoms with E-state index in [0.717, 1.165) is 27.8 Å². The van der Waals surface area contributed by atoms with Crippen molar-refractivity contribution in [2.45, 2.75) is 43.1 Å². The summed E-state index contributed by atoms with van der Waals surface area (Å²) in [5, 5.41) is 13.9. The van der Waals surface area contributed by atoms with Gasteiger partial charge in [-0.2, -0.15) is 5.26 Å². The highest BCUT2D eigenvalue weighted by atomic mass is 16.5. The molecule has 1 amide bonds. The van der Waals surface area contributed by atoms with Gasteiger partial charge < -0.3 is 29.0 Å². The summed E-state index contributed by atoms with van der Waals surface area (Å²) < 4.78 is 28.2. The Morgan fingerprint density at radius 3 is 2.04 bits per heavy atom. The first-order valence-electron chi connectivity index (χ1n) is 15.3. The molecular weight excluding hydrogens is 584 g/mol. The molecule has 0 aromatic heterocycles. The predicted octanol–water partition coefficient (Wildman–Crippen LogP) is 4.33. The van der Waals surface area contributed by atoms with Gasteiger partial charge in [0.05, 0.1) is 53.7 Å². The van der Waals surface area contributed by atoms with E-state index in [2.05, 4.69) is 40.4 Å². The fraction of sp³-hybridized carbons (Fsp3) is 0.389. The summed E-state index contributed by atoms with van der Waals surface area (Å²) in [5.41, 5.74) is 5.24. The number of hydrogen-bond acceptors (Lipinski definition) is 9. The van der Waals surface area contributed by atoms with Crippen LogP contribution in [0.25, 0.3) is 6.08 Å². The summed E-state index contributed by atoms with van der Waals surface area (Å²) >= 11 is 0. The Hall–Kier alpha value is -4.72. The van der Waals surface area contributed by atoms with Crippen LogP contribution in [0, 0.1) is 11.3 Å². The Bertz CT molecular complexity index is 1700. The maximum Gasteiger partial charge on any atom is 0.244 e. The standard InChI is InChI=1S/C36H40N4O6/c1-39-26-13-23-16-32(44-4)34(46-6)18-25(23)36(39)27-14-22-15-31(43-3)33(45-5)17-24(22)29(40(27)28(26)19-37)20-38-35(41)12-11-21-9-7-8-10-30(21)42-2/h7-12,15-18,26-29,36H,13-14,20H2,1-6H3,(H,38,41)/b12-11+/t26-,27-,28-,29-,36+/m0/s1. The lowest BCUT2D eigenvalue weighted by atomic mass is 9.72. The van der Waals surface area contributed by atoms with E-state index in [-0.39, 0.29) is 30.1 Å². The van der Waals surface area contributed by atoms with E-state index in [1.165, 1.54) is 6.08 Å². The van der Waals surface area contributed by atoms with Crippen molar-refractivity contribution < 1.29 is 28.5 Å². The number of hydrogen-bond donors (Lipinski definition) is 1. The number of ether oxygens (including phenoxy) is 5. The van der Waals surface area contributed by atoms with Gasteiger partial charge in [-0.05, 0) is 78.6 Å². The quantitative estimate of drug-likeness (QED) is 0.349. The van der Waals surface area contributed by atoms with E-state index in [9.17, 15) is 10.1 Å². The van der Waals surface area contributed by atoms with Gasteiger partial charge in [0.15, 0.2) is 23.0 Å². The van der Waals surface area contributed by atoms with Crippen LogP contribution in [0.1, 0.15) is 39.9 Å². The fourth-order valence-corrected chi connectivity index (χ4v) is 7.61. The van der Waals surface area contributed by atoms with E-state index < -0.39 is 6.04 Å². The van der Waals surface area contributed by atoms with Gasteiger partial charge in [0, 0.05) is 30.3 Å². The molecule has 240 valence electrons. The van der Waals surface area contributed by atoms with Gasteiger partial charge in [-0.3, -0.25) is 14.6 Å². The minimum atomic E-state index is -0.431. The molecular formula is C36H40N4O6. The summed E-state index contributed by atoms with van der Waals surface area (Å²) in [4.78, 5) is 17.9. The summed E-state index contributed by atoms with van der Waals surface area (Å²) in [6, 6.07) is 17.5. The highest BCUT2D eigenvalue weighted by Crippen LogP contribution is 2.52. The molecule has 3 aromatic rings. The van der Waals surface area contributed by atoms with Gasteiger partial charge in [-0.1, -0.05) is 18.2 Å². The number of fused-ring (bicyclic) bond motifs is 7. The molecule has 0 spiro atoms. The number of nitriles is 1. The molecule has 0 saturated carbocycles. The molecule has 2 bridgehead atoms. The molecule has 0 radical (unpaired) electrons. The highest BCUT2D eigenvalue weighted by molar-refractivity contribution is 5.92. The molecule has 6 rings (SSSR count). The fourth-order valence-electron chi connectivity index (χ4n) is 7.61. The van der Waals surface area contributed by atoms with Gasteiger partial charge in [0.2, 0.25) is 5.91 Å². The lowest BCUT2D eigenvalue weighted by Gasteiger charge is -2.60. The van der Waals surface area contributed by atoms with Crippen molar-refractivity contribution in [2.24, 2.45) is 0 Å². The van der Waals surface area contributed by atoms with Crippen LogP contribution >= 0.6 is 0 Å². The Morgan fingerprint density at radius 1 is 0.848 bits per heavy atom. The van der Waals surface area contributed by atoms with Crippen LogP contribution in [0.2, 0.25) is 0 Å². The highest BCUT2D eigenvalue weighted by Gasteiger charge is 2.54. The lowest BCUT2D eigenvalue weighted by molar-refractivity contribution is -0.117. The molecule has 0 aliphatic carbocycles. The third-order valence-electron chi connectivity index (χ3n) is 9.74. The number of amides is 1. The van der Waals surface area contributed by atoms with E-state index in [0.29, 0.717) is 48.1 Å². The maximum absolute atomic E-state index is 13.2. The Kier molecular flexibility index (Phi) is 8.80. The van der Waals surface area contributed by atoms with Crippen LogP contribution in [-0.4, -0.2) is 83.0 Å². The van der Waals surface area contributed by atoms with Crippen LogP contribution in [0.15, 0.2) is 54.6 Å². The van der Waals surface area contributed by atoms with Gasteiger partial charge in [-0.15, -0.1) is 0 Å². The summed E-state index contributed by atoms with van der Waals surface area (Å²) in [5.74, 6) is 3.06. The van der Waals surface area contributed by atoms with Crippen LogP contribution in [0.5, 0.6) is 28.7 Å². The number of para-hydroxylation sites is 1. The predicted molar refractivity (Wildman–Crippen MR) is 174 cm³/mol. The molecule has 10 heteroatoms. The van der Waals surface area contributed by atoms with Crippen molar-refractivity contribution in [1.82, 2.24) is 15.1 Å². The topological polar surface area (TPSA) is 106 Å². The molecule has 3 aliphatic rings. The molecule has 1 N–H and O–H groups in total. The zero-order chi connectivity index (χ0) is 32.5. The first-order valence-corrected chi connectivity index (χ1v) is 15.3. The van der Waals surface area contributed by atoms with E-state index in [1.54, 1.807) is 41.6 Å². The number of piperazine rings is 1. The largest absolute Gasteiger partial charge is 0.496 e. The molecule has 3 aromatic carbocycles. The first-order chi connectivity index (χ1) is 22.4. The van der Waals surface area contributed by atoms with Crippen LogP contribution in [0.3, 0.4) is 0 Å². The van der Waals surface area contributed by atoms with Crippen molar-refractivity contribution in [3.05, 3.63) is 82.4 Å². The molecule has 10 nitrogen and oxygen atoms in total. The summed E-state index contributed by atoms with van der Waals surface area (Å²) in [6.45, 7) is 0.300. The minimum Gasteiger partial charge on any atom is -0.496 e. The first kappa shape index (κ1) is 31.3. The molecule has 5 atom stereocenters. The number of methoxy groups -OCH3 is 5. The van der Waals surface area contributed by atoms with Crippen molar-refractivity contribution >= 4 is 12.0 Å². The monoisotopic (exact) mass is 624 g/mol. The van der Waals surface area contributed by atoms with Gasteiger partial charge >= 0.3 is 0 Å². The zero-order valence-corrected chi connectivity index (χ0v) is 27.1. The number of benzene rings is 3.